The van der Waals surface area contributed by atoms with Gasteiger partial charge in [-0.25, -0.2) is 0 Å². The van der Waals surface area contributed by atoms with Crippen LogP contribution in [-0.2, 0) is 0 Å². The van der Waals surface area contributed by atoms with Gasteiger partial charge in [-0.05, 0) is 99.3 Å². The summed E-state index contributed by atoms with van der Waals surface area (Å²) in [6.45, 7) is 23.8. The van der Waals surface area contributed by atoms with Crippen molar-refractivity contribution in [2.24, 2.45) is 21.7 Å². The lowest BCUT2D eigenvalue weighted by Gasteiger charge is -2.55. The van der Waals surface area contributed by atoms with Crippen molar-refractivity contribution in [1.82, 2.24) is 20.4 Å². The second-order valence-corrected chi connectivity index (χ2v) is 13.7. The third kappa shape index (κ3) is 5.79. The number of hydrogen-bond donors (Lipinski definition) is 2. The van der Waals surface area contributed by atoms with Crippen LogP contribution in [0.1, 0.15) is 79.6 Å². The van der Waals surface area contributed by atoms with Crippen molar-refractivity contribution < 1.29 is 0 Å². The van der Waals surface area contributed by atoms with E-state index in [1.54, 1.807) is 0 Å². The summed E-state index contributed by atoms with van der Waals surface area (Å²) in [5, 5.41) is 7.46. The minimum absolute atomic E-state index is 0.414. The molecule has 4 heterocycles. The molecule has 1 atom stereocenters. The third-order valence-corrected chi connectivity index (χ3v) is 8.62. The van der Waals surface area contributed by atoms with Gasteiger partial charge >= 0.3 is 0 Å². The van der Waals surface area contributed by atoms with Crippen molar-refractivity contribution in [3.8, 4) is 0 Å². The molecule has 4 aliphatic rings. The van der Waals surface area contributed by atoms with E-state index in [-0.39, 0.29) is 0 Å². The van der Waals surface area contributed by atoms with Crippen molar-refractivity contribution in [2.45, 2.75) is 85.6 Å². The summed E-state index contributed by atoms with van der Waals surface area (Å²) in [5.74, 6) is 0. The molecule has 0 radical (unpaired) electrons. The lowest BCUT2D eigenvalue weighted by molar-refractivity contribution is -0.0462. The van der Waals surface area contributed by atoms with Gasteiger partial charge in [-0.2, -0.15) is 0 Å². The second-order valence-electron chi connectivity index (χ2n) is 13.7. The molecule has 174 valence electrons. The van der Waals surface area contributed by atoms with Crippen LogP contribution in [0, 0.1) is 21.7 Å². The maximum absolute atomic E-state index is 3.92. The molecule has 4 fully saturated rings. The fourth-order valence-electron chi connectivity index (χ4n) is 7.32. The summed E-state index contributed by atoms with van der Waals surface area (Å²) in [6.07, 6.45) is 9.78. The Kier molecular flexibility index (Phi) is 6.63. The Hall–Kier alpha value is -0.160. The first-order valence-electron chi connectivity index (χ1n) is 13.0. The summed E-state index contributed by atoms with van der Waals surface area (Å²) in [4.78, 5) is 5.49. The molecule has 4 heteroatoms. The van der Waals surface area contributed by atoms with Crippen molar-refractivity contribution in [2.75, 3.05) is 58.9 Å². The summed E-state index contributed by atoms with van der Waals surface area (Å²) >= 11 is 0. The Morgan fingerprint density at radius 2 is 1.40 bits per heavy atom. The smallest absolute Gasteiger partial charge is 0.00779 e. The van der Waals surface area contributed by atoms with Crippen LogP contribution in [0.25, 0.3) is 0 Å². The number of rotatable bonds is 5. The van der Waals surface area contributed by atoms with Gasteiger partial charge in [0, 0.05) is 32.2 Å². The number of nitrogens with zero attached hydrogens (tertiary/aromatic N) is 2. The maximum atomic E-state index is 3.92. The van der Waals surface area contributed by atoms with Gasteiger partial charge in [0.15, 0.2) is 0 Å². The molecule has 4 aliphatic heterocycles. The highest BCUT2D eigenvalue weighted by atomic mass is 15.2. The van der Waals surface area contributed by atoms with E-state index in [1.165, 1.54) is 104 Å². The van der Waals surface area contributed by atoms with Crippen LogP contribution < -0.4 is 10.6 Å². The first-order chi connectivity index (χ1) is 14.1. The van der Waals surface area contributed by atoms with Gasteiger partial charge in [0.05, 0.1) is 0 Å². The van der Waals surface area contributed by atoms with E-state index >= 15 is 0 Å². The minimum Gasteiger partial charge on any atom is -0.317 e. The highest BCUT2D eigenvalue weighted by Crippen LogP contribution is 2.45. The van der Waals surface area contributed by atoms with Gasteiger partial charge < -0.3 is 20.4 Å². The van der Waals surface area contributed by atoms with Crippen LogP contribution in [0.15, 0.2) is 0 Å². The van der Waals surface area contributed by atoms with Gasteiger partial charge in [-0.3, -0.25) is 0 Å². The van der Waals surface area contributed by atoms with E-state index in [1.807, 2.05) is 0 Å². The molecule has 4 nitrogen and oxygen atoms in total. The average molecular weight is 419 g/mol. The van der Waals surface area contributed by atoms with Crippen LogP contribution in [0.2, 0.25) is 0 Å². The van der Waals surface area contributed by atoms with Crippen LogP contribution in [0.4, 0.5) is 0 Å². The lowest BCUT2D eigenvalue weighted by atomic mass is 9.67. The summed E-state index contributed by atoms with van der Waals surface area (Å²) in [6, 6.07) is 0.719. The van der Waals surface area contributed by atoms with E-state index in [0.29, 0.717) is 21.7 Å². The van der Waals surface area contributed by atoms with Gasteiger partial charge in [0.1, 0.15) is 0 Å². The van der Waals surface area contributed by atoms with E-state index in [0.717, 1.165) is 6.04 Å². The molecular formula is C26H50N4. The zero-order chi connectivity index (χ0) is 21.5. The van der Waals surface area contributed by atoms with Gasteiger partial charge in [-0.1, -0.05) is 34.6 Å². The zero-order valence-corrected chi connectivity index (χ0v) is 20.8. The fourth-order valence-corrected chi connectivity index (χ4v) is 7.32. The van der Waals surface area contributed by atoms with Gasteiger partial charge in [-0.15, -0.1) is 0 Å². The topological polar surface area (TPSA) is 30.5 Å². The third-order valence-electron chi connectivity index (χ3n) is 8.62. The van der Waals surface area contributed by atoms with E-state index in [9.17, 15) is 0 Å². The highest BCUT2D eigenvalue weighted by molar-refractivity contribution is 5.00. The van der Waals surface area contributed by atoms with Crippen LogP contribution in [0.3, 0.4) is 0 Å². The molecule has 4 saturated heterocycles. The van der Waals surface area contributed by atoms with Crippen molar-refractivity contribution >= 4 is 0 Å². The Balaban J connectivity index is 1.24. The van der Waals surface area contributed by atoms with Crippen LogP contribution in [-0.4, -0.2) is 74.7 Å². The average Bonchev–Trinajstić information content (AvgIpc) is 2.62. The fraction of sp³-hybridized carbons (Fsp3) is 1.00. The molecule has 0 saturated carbocycles. The Morgan fingerprint density at radius 3 is 2.03 bits per heavy atom. The van der Waals surface area contributed by atoms with E-state index in [4.69, 9.17) is 0 Å². The molecule has 0 aliphatic carbocycles. The van der Waals surface area contributed by atoms with Crippen LogP contribution in [0.5, 0.6) is 0 Å². The second kappa shape index (κ2) is 8.65. The van der Waals surface area contributed by atoms with E-state index < -0.39 is 0 Å². The molecule has 2 spiro atoms. The lowest BCUT2D eigenvalue weighted by Crippen LogP contribution is -2.61. The van der Waals surface area contributed by atoms with Gasteiger partial charge in [0.2, 0.25) is 0 Å². The summed E-state index contributed by atoms with van der Waals surface area (Å²) in [5.41, 5.74) is 2.12. The maximum Gasteiger partial charge on any atom is 0.00779 e. The quantitative estimate of drug-likeness (QED) is 0.707. The van der Waals surface area contributed by atoms with Crippen molar-refractivity contribution in [3.05, 3.63) is 0 Å². The predicted octanol–water partition coefficient (Wildman–Crippen LogP) is 3.97. The standard InChI is InChI=1S/C26H50N4/c1-23(2,3)18-29-14-9-25(10-15-29)8-13-28-22(17-25)16-24(4,5)19-30-20-26(21-30)6-11-27-12-7-26/h22,27-28H,6-21H2,1-5H3. The Labute approximate surface area is 186 Å². The predicted molar refractivity (Wildman–Crippen MR) is 128 cm³/mol. The molecule has 0 aromatic heterocycles. The van der Waals surface area contributed by atoms with Crippen LogP contribution >= 0.6 is 0 Å². The zero-order valence-electron chi connectivity index (χ0n) is 20.8. The number of nitrogens with one attached hydrogen (secondary N) is 2. The molecule has 0 aromatic carbocycles. The van der Waals surface area contributed by atoms with Crippen molar-refractivity contribution in [1.29, 1.82) is 0 Å². The SMILES string of the molecule is CC(C)(C)CN1CCC2(CCNC(CC(C)(C)CN3CC4(CCNCC4)C3)C2)CC1. The first-order valence-corrected chi connectivity index (χ1v) is 13.0. The van der Waals surface area contributed by atoms with E-state index in [2.05, 4.69) is 55.1 Å². The first kappa shape index (κ1) is 23.0. The molecule has 0 aromatic rings. The highest BCUT2D eigenvalue weighted by Gasteiger charge is 2.45. The Bertz CT molecular complexity index is 556. The molecule has 30 heavy (non-hydrogen) atoms. The Morgan fingerprint density at radius 1 is 0.767 bits per heavy atom. The molecule has 2 N–H and O–H groups in total. The largest absolute Gasteiger partial charge is 0.317 e. The summed E-state index contributed by atoms with van der Waals surface area (Å²) < 4.78 is 0. The summed E-state index contributed by atoms with van der Waals surface area (Å²) in [7, 11) is 0. The molecule has 1 unspecified atom stereocenters. The van der Waals surface area contributed by atoms with Crippen molar-refractivity contribution in [3.63, 3.8) is 0 Å². The molecular weight excluding hydrogens is 368 g/mol. The van der Waals surface area contributed by atoms with Gasteiger partial charge in [0.25, 0.3) is 0 Å². The minimum atomic E-state index is 0.414. The molecule has 4 rings (SSSR count). The number of piperidine rings is 3. The number of likely N-dealkylation sites (tertiary alicyclic amines) is 2. The monoisotopic (exact) mass is 418 g/mol. The normalized spacial score (nSPS) is 30.5. The molecule has 0 bridgehead atoms. The number of hydrogen-bond acceptors (Lipinski definition) is 4. The molecule has 0 amide bonds.